The van der Waals surface area contributed by atoms with Crippen molar-refractivity contribution in [2.45, 2.75) is 6.82 Å². The second kappa shape index (κ2) is 3.05. The molecule has 0 atom stereocenters. The number of carbonyl (C=O) groups excluding carboxylic acids is 1. The molecule has 0 bridgehead atoms. The second-order valence-electron chi connectivity index (χ2n) is 1.63. The predicted molar refractivity (Wildman–Crippen MR) is 35.6 cm³/mol. The lowest BCUT2D eigenvalue weighted by atomic mass is 10.0. The highest BCUT2D eigenvalue weighted by Gasteiger charge is 2.05. The Labute approximate surface area is 58.9 Å². The van der Waals surface area contributed by atoms with Gasteiger partial charge in [-0.3, -0.25) is 4.79 Å². The van der Waals surface area contributed by atoms with E-state index >= 15 is 0 Å². The molecule has 0 unspecified atom stereocenters. The Morgan fingerprint density at radius 3 is 3.20 bits per heavy atom. The zero-order valence-electron chi connectivity index (χ0n) is 5.50. The summed E-state index contributed by atoms with van der Waals surface area (Å²) >= 11 is 0. The Hall–Kier alpha value is -1.26. The van der Waals surface area contributed by atoms with E-state index in [0.29, 0.717) is 0 Å². The zero-order chi connectivity index (χ0) is 7.40. The number of rotatable bonds is 2. The minimum atomic E-state index is -0.278. The molecule has 0 fully saturated rings. The van der Waals surface area contributed by atoms with Crippen LogP contribution in [0.3, 0.4) is 0 Å². The molecule has 0 aliphatic carbocycles. The first kappa shape index (κ1) is 6.86. The van der Waals surface area contributed by atoms with Crippen LogP contribution >= 0.6 is 0 Å². The summed E-state index contributed by atoms with van der Waals surface area (Å²) in [4.78, 5) is 14.4. The van der Waals surface area contributed by atoms with Crippen molar-refractivity contribution in [1.82, 2.24) is 10.2 Å². The fourth-order valence-corrected chi connectivity index (χ4v) is 0.530. The summed E-state index contributed by atoms with van der Waals surface area (Å²) in [7, 11) is 1.53. The standard InChI is InChI=1S/C5H6BN2O2/c1-6-8-5(9)4-2-7-3-10-4/h2-3H,1H3,(H,8,9). The van der Waals surface area contributed by atoms with E-state index in [9.17, 15) is 4.79 Å². The highest BCUT2D eigenvalue weighted by atomic mass is 16.3. The number of oxazole rings is 1. The molecule has 0 spiro atoms. The first-order valence-corrected chi connectivity index (χ1v) is 2.82. The topological polar surface area (TPSA) is 55.1 Å². The molecule has 4 nitrogen and oxygen atoms in total. The van der Waals surface area contributed by atoms with Gasteiger partial charge in [0, 0.05) is 0 Å². The first-order valence-electron chi connectivity index (χ1n) is 2.82. The van der Waals surface area contributed by atoms with Gasteiger partial charge >= 0.3 is 0 Å². The molecule has 51 valence electrons. The highest BCUT2D eigenvalue weighted by molar-refractivity contribution is 6.36. The molecule has 1 aromatic rings. The molecular formula is C5H6BN2O2. The van der Waals surface area contributed by atoms with E-state index in [1.54, 1.807) is 6.82 Å². The van der Waals surface area contributed by atoms with Gasteiger partial charge in [0.05, 0.1) is 6.20 Å². The van der Waals surface area contributed by atoms with Crippen LogP contribution in [0.4, 0.5) is 0 Å². The van der Waals surface area contributed by atoms with Crippen LogP contribution in [0, 0.1) is 0 Å². The number of nitrogens with zero attached hydrogens (tertiary/aromatic N) is 1. The maximum Gasteiger partial charge on any atom is 0.276 e. The molecule has 1 heterocycles. The molecule has 0 saturated heterocycles. The first-order chi connectivity index (χ1) is 4.84. The number of aromatic nitrogens is 1. The van der Waals surface area contributed by atoms with Crippen molar-refractivity contribution < 1.29 is 9.21 Å². The number of amides is 1. The summed E-state index contributed by atoms with van der Waals surface area (Å²) in [5.41, 5.74) is 0. The lowest BCUT2D eigenvalue weighted by Crippen LogP contribution is -2.24. The predicted octanol–water partition coefficient (Wildman–Crippen LogP) is 0.0717. The van der Waals surface area contributed by atoms with E-state index in [4.69, 9.17) is 4.42 Å². The van der Waals surface area contributed by atoms with Gasteiger partial charge in [-0.15, -0.1) is 0 Å². The van der Waals surface area contributed by atoms with Gasteiger partial charge in [-0.25, -0.2) is 4.98 Å². The van der Waals surface area contributed by atoms with Crippen LogP contribution in [-0.2, 0) is 0 Å². The SMILES string of the molecule is C[B]NC(=O)c1cnco1. The van der Waals surface area contributed by atoms with E-state index in [2.05, 4.69) is 10.2 Å². The van der Waals surface area contributed by atoms with Gasteiger partial charge in [-0.2, -0.15) is 0 Å². The minimum absolute atomic E-state index is 0.220. The van der Waals surface area contributed by atoms with Crippen LogP contribution in [0.15, 0.2) is 17.0 Å². The van der Waals surface area contributed by atoms with Crippen molar-refractivity contribution in [3.8, 4) is 0 Å². The third-order valence-electron chi connectivity index (χ3n) is 0.932. The maximum absolute atomic E-state index is 10.8. The van der Waals surface area contributed by atoms with Crippen LogP contribution in [0.25, 0.3) is 0 Å². The van der Waals surface area contributed by atoms with Gasteiger partial charge in [-0.05, 0) is 0 Å². The lowest BCUT2D eigenvalue weighted by molar-refractivity contribution is 0.0953. The van der Waals surface area contributed by atoms with Gasteiger partial charge in [0.2, 0.25) is 13.2 Å². The number of nitrogens with one attached hydrogen (secondary N) is 1. The second-order valence-corrected chi connectivity index (χ2v) is 1.63. The molecule has 1 N–H and O–H groups in total. The summed E-state index contributed by atoms with van der Waals surface area (Å²) in [5.74, 6) is -0.0573. The Bertz CT molecular complexity index is 209. The van der Waals surface area contributed by atoms with Gasteiger partial charge in [0.25, 0.3) is 5.91 Å². The smallest absolute Gasteiger partial charge is 0.276 e. The van der Waals surface area contributed by atoms with Crippen molar-refractivity contribution in [3.63, 3.8) is 0 Å². The minimum Gasteiger partial charge on any atom is -0.438 e. The summed E-state index contributed by atoms with van der Waals surface area (Å²) < 4.78 is 4.70. The molecule has 1 amide bonds. The average Bonchev–Trinajstić information content (AvgIpc) is 2.38. The van der Waals surface area contributed by atoms with Gasteiger partial charge in [0.1, 0.15) is 0 Å². The number of carbonyl (C=O) groups is 1. The zero-order valence-corrected chi connectivity index (χ0v) is 5.50. The van der Waals surface area contributed by atoms with Crippen molar-refractivity contribution in [1.29, 1.82) is 0 Å². The normalized spacial score (nSPS) is 8.90. The van der Waals surface area contributed by atoms with Gasteiger partial charge < -0.3 is 9.64 Å². The van der Waals surface area contributed by atoms with E-state index in [0.717, 1.165) is 0 Å². The molecule has 1 aromatic heterocycles. The number of hydrogen-bond acceptors (Lipinski definition) is 3. The molecule has 0 saturated carbocycles. The number of hydrogen-bond donors (Lipinski definition) is 1. The average molecular weight is 137 g/mol. The Kier molecular flexibility index (Phi) is 2.09. The Balaban J connectivity index is 2.59. The Morgan fingerprint density at radius 1 is 1.90 bits per heavy atom. The summed E-state index contributed by atoms with van der Waals surface area (Å²) in [5, 5.41) is 2.45. The summed E-state index contributed by atoms with van der Waals surface area (Å²) in [6.07, 6.45) is 2.57. The van der Waals surface area contributed by atoms with Gasteiger partial charge in [0.15, 0.2) is 6.39 Å². The van der Waals surface area contributed by atoms with E-state index in [1.807, 2.05) is 0 Å². The molecular weight excluding hydrogens is 131 g/mol. The van der Waals surface area contributed by atoms with Crippen LogP contribution in [-0.4, -0.2) is 18.3 Å². The molecule has 1 rings (SSSR count). The van der Waals surface area contributed by atoms with Gasteiger partial charge in [-0.1, -0.05) is 6.82 Å². The molecule has 0 aliphatic heterocycles. The quantitative estimate of drug-likeness (QED) is 0.586. The van der Waals surface area contributed by atoms with Crippen molar-refractivity contribution in [2.75, 3.05) is 0 Å². The van der Waals surface area contributed by atoms with Crippen LogP contribution in [0.5, 0.6) is 0 Å². The van der Waals surface area contributed by atoms with Crippen LogP contribution in [0.2, 0.25) is 6.82 Å². The summed E-state index contributed by atoms with van der Waals surface area (Å²) in [6.45, 7) is 1.72. The third-order valence-corrected chi connectivity index (χ3v) is 0.932. The molecule has 0 aliphatic rings. The van der Waals surface area contributed by atoms with E-state index in [-0.39, 0.29) is 11.7 Å². The highest BCUT2D eigenvalue weighted by Crippen LogP contribution is 1.94. The van der Waals surface area contributed by atoms with Crippen molar-refractivity contribution >= 4 is 13.3 Å². The van der Waals surface area contributed by atoms with Crippen molar-refractivity contribution in [3.05, 3.63) is 18.4 Å². The fraction of sp³-hybridized carbons (Fsp3) is 0.200. The molecule has 5 heteroatoms. The maximum atomic E-state index is 10.8. The molecule has 10 heavy (non-hydrogen) atoms. The largest absolute Gasteiger partial charge is 0.438 e. The third kappa shape index (κ3) is 1.37. The lowest BCUT2D eigenvalue weighted by Gasteiger charge is -1.93. The van der Waals surface area contributed by atoms with Crippen LogP contribution in [0.1, 0.15) is 10.6 Å². The fourth-order valence-electron chi connectivity index (χ4n) is 0.530. The molecule has 0 aromatic carbocycles. The van der Waals surface area contributed by atoms with Crippen molar-refractivity contribution in [2.24, 2.45) is 0 Å². The monoisotopic (exact) mass is 137 g/mol. The molecule has 1 radical (unpaired) electrons. The summed E-state index contributed by atoms with van der Waals surface area (Å²) in [6, 6.07) is 0. The van der Waals surface area contributed by atoms with Crippen LogP contribution < -0.4 is 5.23 Å². The van der Waals surface area contributed by atoms with E-state index in [1.165, 1.54) is 20.0 Å². The Morgan fingerprint density at radius 2 is 2.70 bits per heavy atom. The van der Waals surface area contributed by atoms with E-state index < -0.39 is 0 Å².